The molecule has 2 N–H and O–H groups in total. The van der Waals surface area contributed by atoms with Gasteiger partial charge in [-0.05, 0) is 93.5 Å². The van der Waals surface area contributed by atoms with Gasteiger partial charge in [0.25, 0.3) is 0 Å². The minimum absolute atomic E-state index is 0.131. The highest BCUT2D eigenvalue weighted by atomic mass is 16.5. The molecule has 3 aliphatic carbocycles. The van der Waals surface area contributed by atoms with Crippen LogP contribution in [0.15, 0.2) is 47.7 Å². The number of ether oxygens (including phenoxy) is 1. The van der Waals surface area contributed by atoms with Gasteiger partial charge >= 0.3 is 0 Å². The van der Waals surface area contributed by atoms with E-state index < -0.39 is 0 Å². The zero-order valence-corrected chi connectivity index (χ0v) is 23.6. The Balaban J connectivity index is 1.32. The maximum Gasteiger partial charge on any atom is 0.230 e. The average molecular weight is 529 g/mol. The van der Waals surface area contributed by atoms with E-state index in [1.165, 1.54) is 12.1 Å². The Morgan fingerprint density at radius 1 is 1.08 bits per heavy atom. The van der Waals surface area contributed by atoms with Crippen LogP contribution in [0.5, 0.6) is 5.75 Å². The molecule has 0 saturated heterocycles. The van der Waals surface area contributed by atoms with Crippen LogP contribution in [0.25, 0.3) is 5.57 Å². The van der Waals surface area contributed by atoms with Gasteiger partial charge in [0.2, 0.25) is 5.91 Å². The highest BCUT2D eigenvalue weighted by molar-refractivity contribution is 6.10. The molecule has 2 aromatic rings. The van der Waals surface area contributed by atoms with Crippen LogP contribution in [-0.4, -0.2) is 36.8 Å². The Morgan fingerprint density at radius 3 is 2.51 bits per heavy atom. The maximum atomic E-state index is 14.0. The summed E-state index contributed by atoms with van der Waals surface area (Å²) in [5.74, 6) is 2.23. The predicted octanol–water partition coefficient (Wildman–Crippen LogP) is 6.82. The third-order valence-corrected chi connectivity index (χ3v) is 8.87. The number of aliphatic imine (C=N–C) groups is 1. The summed E-state index contributed by atoms with van der Waals surface area (Å²) in [6.07, 6.45) is 17.7. The summed E-state index contributed by atoms with van der Waals surface area (Å²) in [5.41, 5.74) is 11.2. The third-order valence-electron chi connectivity index (χ3n) is 8.87. The zero-order chi connectivity index (χ0) is 27.2. The molecule has 3 fully saturated rings. The van der Waals surface area contributed by atoms with Crippen LogP contribution in [0.3, 0.4) is 0 Å². The van der Waals surface area contributed by atoms with Gasteiger partial charge in [-0.3, -0.25) is 14.8 Å². The van der Waals surface area contributed by atoms with Crippen LogP contribution in [0.1, 0.15) is 93.4 Å². The van der Waals surface area contributed by atoms with Gasteiger partial charge in [0.05, 0.1) is 19.3 Å². The van der Waals surface area contributed by atoms with Crippen molar-refractivity contribution in [3.63, 3.8) is 0 Å². The van der Waals surface area contributed by atoms with E-state index >= 15 is 0 Å². The van der Waals surface area contributed by atoms with Crippen molar-refractivity contribution < 1.29 is 9.53 Å². The van der Waals surface area contributed by atoms with Gasteiger partial charge in [-0.25, -0.2) is 0 Å². The Morgan fingerprint density at radius 2 is 1.85 bits per heavy atom. The van der Waals surface area contributed by atoms with Crippen LogP contribution in [0.2, 0.25) is 0 Å². The molecule has 1 aromatic heterocycles. The third kappa shape index (κ3) is 6.90. The Kier molecular flexibility index (Phi) is 9.00. The molecule has 0 bridgehead atoms. The summed E-state index contributed by atoms with van der Waals surface area (Å²) in [7, 11) is 1.69. The van der Waals surface area contributed by atoms with Crippen LogP contribution < -0.4 is 15.4 Å². The largest absolute Gasteiger partial charge is 0.495 e. The lowest BCUT2D eigenvalue weighted by molar-refractivity contribution is -0.123. The second kappa shape index (κ2) is 12.8. The van der Waals surface area contributed by atoms with Crippen LogP contribution >= 0.6 is 0 Å². The number of carbonyl (C=O) groups is 1. The number of methoxy groups -OCH3 is 1. The Bertz CT molecular complexity index is 1190. The number of nitrogens with zero attached hydrogens (tertiary/aromatic N) is 3. The number of allylic oxidation sites excluding steroid dienone is 1. The molecule has 208 valence electrons. The standard InChI is InChI=1S/C33H44N4O2/c1-23-17-31(36-21-32(23)39-2)25-13-11-24(12-14-25)22-37(33(38)26-7-4-3-5-8-26)30-10-6-9-27(18-30)28(19-34)20-35-29-15-16-29/h6,9-10,17-21,24-26,29H,3-5,7-8,11-16,22,34H2,1-2H3. The molecular formula is C33H44N4O2. The quantitative estimate of drug-likeness (QED) is 0.362. The molecule has 0 spiro atoms. The number of amides is 1. The first-order valence-electron chi connectivity index (χ1n) is 14.9. The molecule has 3 aliphatic rings. The van der Waals surface area contributed by atoms with Gasteiger partial charge in [-0.15, -0.1) is 0 Å². The van der Waals surface area contributed by atoms with Crippen molar-refractivity contribution >= 4 is 23.4 Å². The first-order chi connectivity index (χ1) is 19.1. The molecule has 0 unspecified atom stereocenters. The fourth-order valence-corrected chi connectivity index (χ4v) is 6.27. The van der Waals surface area contributed by atoms with Gasteiger partial charge in [0, 0.05) is 47.7 Å². The number of anilines is 1. The molecule has 0 aliphatic heterocycles. The topological polar surface area (TPSA) is 80.8 Å². The second-order valence-corrected chi connectivity index (χ2v) is 11.8. The van der Waals surface area contributed by atoms with Crippen LogP contribution in [0, 0.1) is 18.8 Å². The summed E-state index contributed by atoms with van der Waals surface area (Å²) in [4.78, 5) is 25.4. The molecule has 1 heterocycles. The van der Waals surface area contributed by atoms with E-state index in [2.05, 4.69) is 47.1 Å². The number of aryl methyl sites for hydroxylation is 1. The monoisotopic (exact) mass is 528 g/mol. The van der Waals surface area contributed by atoms with E-state index in [1.807, 2.05) is 12.4 Å². The number of benzene rings is 1. The van der Waals surface area contributed by atoms with Crippen molar-refractivity contribution in [1.29, 1.82) is 0 Å². The fourth-order valence-electron chi connectivity index (χ4n) is 6.27. The summed E-state index contributed by atoms with van der Waals surface area (Å²) in [6, 6.07) is 11.0. The van der Waals surface area contributed by atoms with E-state index in [0.29, 0.717) is 23.8 Å². The second-order valence-electron chi connectivity index (χ2n) is 11.8. The average Bonchev–Trinajstić information content (AvgIpc) is 3.81. The van der Waals surface area contributed by atoms with Crippen molar-refractivity contribution in [2.24, 2.45) is 22.6 Å². The predicted molar refractivity (Wildman–Crippen MR) is 159 cm³/mol. The van der Waals surface area contributed by atoms with Crippen LogP contribution in [-0.2, 0) is 4.79 Å². The minimum Gasteiger partial charge on any atom is -0.495 e. The smallest absolute Gasteiger partial charge is 0.230 e. The lowest BCUT2D eigenvalue weighted by atomic mass is 9.79. The van der Waals surface area contributed by atoms with E-state index in [1.54, 1.807) is 13.3 Å². The summed E-state index contributed by atoms with van der Waals surface area (Å²) >= 11 is 0. The molecule has 39 heavy (non-hydrogen) atoms. The normalized spacial score (nSPS) is 22.7. The fraction of sp³-hybridized carbons (Fsp3) is 0.545. The van der Waals surface area contributed by atoms with Crippen molar-refractivity contribution in [2.75, 3.05) is 18.6 Å². The van der Waals surface area contributed by atoms with E-state index in [9.17, 15) is 4.79 Å². The van der Waals surface area contributed by atoms with Crippen molar-refractivity contribution in [2.45, 2.75) is 89.5 Å². The number of pyridine rings is 1. The van der Waals surface area contributed by atoms with E-state index in [-0.39, 0.29) is 5.92 Å². The number of hydrogen-bond acceptors (Lipinski definition) is 5. The van der Waals surface area contributed by atoms with Crippen molar-refractivity contribution in [3.05, 3.63) is 59.5 Å². The highest BCUT2D eigenvalue weighted by Gasteiger charge is 2.31. The molecule has 6 nitrogen and oxygen atoms in total. The van der Waals surface area contributed by atoms with E-state index in [0.717, 1.165) is 98.9 Å². The number of hydrogen-bond donors (Lipinski definition) is 1. The lowest BCUT2D eigenvalue weighted by Crippen LogP contribution is -2.41. The van der Waals surface area contributed by atoms with Crippen molar-refractivity contribution in [1.82, 2.24) is 4.98 Å². The molecule has 0 atom stereocenters. The van der Waals surface area contributed by atoms with Gasteiger partial charge in [-0.2, -0.15) is 0 Å². The number of rotatable bonds is 9. The molecule has 1 aromatic carbocycles. The Hall–Kier alpha value is -3.15. The Labute approximate surface area is 233 Å². The van der Waals surface area contributed by atoms with Gasteiger partial charge in [0.1, 0.15) is 5.75 Å². The zero-order valence-electron chi connectivity index (χ0n) is 23.6. The molecular weight excluding hydrogens is 484 g/mol. The first-order valence-corrected chi connectivity index (χ1v) is 14.9. The summed E-state index contributed by atoms with van der Waals surface area (Å²) in [6.45, 7) is 2.86. The van der Waals surface area contributed by atoms with Gasteiger partial charge in [-0.1, -0.05) is 31.4 Å². The number of aromatic nitrogens is 1. The molecule has 3 saturated carbocycles. The van der Waals surface area contributed by atoms with E-state index in [4.69, 9.17) is 15.5 Å². The van der Waals surface area contributed by atoms with Crippen LogP contribution in [0.4, 0.5) is 5.69 Å². The number of nitrogens with two attached hydrogens (primary N) is 1. The molecule has 1 amide bonds. The maximum absolute atomic E-state index is 14.0. The van der Waals surface area contributed by atoms with Gasteiger partial charge in [0.15, 0.2) is 0 Å². The highest BCUT2D eigenvalue weighted by Crippen LogP contribution is 2.38. The molecule has 5 rings (SSSR count). The van der Waals surface area contributed by atoms with Gasteiger partial charge < -0.3 is 15.4 Å². The first kappa shape index (κ1) is 27.4. The molecule has 6 heteroatoms. The summed E-state index contributed by atoms with van der Waals surface area (Å²) in [5, 5.41) is 0. The SMILES string of the molecule is COc1cnc(C2CCC(CN(C(=O)C3CCCCC3)c3cccc(C(C=NC4CC4)=CN)c3)CC2)cc1C. The number of carbonyl (C=O) groups excluding carboxylic acids is 1. The summed E-state index contributed by atoms with van der Waals surface area (Å²) < 4.78 is 5.40. The minimum atomic E-state index is 0.131. The van der Waals surface area contributed by atoms with Crippen molar-refractivity contribution in [3.8, 4) is 5.75 Å². The molecule has 0 radical (unpaired) electrons. The lowest BCUT2D eigenvalue weighted by Gasteiger charge is -2.35.